The summed E-state index contributed by atoms with van der Waals surface area (Å²) in [6, 6.07) is 8.35. The van der Waals surface area contributed by atoms with Crippen LogP contribution in [0.3, 0.4) is 0 Å². The lowest BCUT2D eigenvalue weighted by Gasteiger charge is -2.07. The molecule has 0 bridgehead atoms. The van der Waals surface area contributed by atoms with Gasteiger partial charge in [0.15, 0.2) is 15.7 Å². The molecule has 0 fully saturated rings. The van der Waals surface area contributed by atoms with Gasteiger partial charge in [-0.3, -0.25) is 0 Å². The minimum Gasteiger partial charge on any atom is -0.337 e. The molecule has 2 aromatic carbocycles. The van der Waals surface area contributed by atoms with Crippen LogP contribution in [0.25, 0.3) is 22.5 Å². The van der Waals surface area contributed by atoms with Gasteiger partial charge in [0.25, 0.3) is 6.43 Å². The van der Waals surface area contributed by atoms with Crippen LogP contribution in [-0.4, -0.2) is 24.6 Å². The minimum absolute atomic E-state index is 0.0733. The number of aromatic nitrogens is 2. The highest BCUT2D eigenvalue weighted by Crippen LogP contribution is 2.35. The smallest absolute Gasteiger partial charge is 0.295 e. The van der Waals surface area contributed by atoms with Crippen molar-refractivity contribution in [3.63, 3.8) is 0 Å². The summed E-state index contributed by atoms with van der Waals surface area (Å²) < 4.78 is 63.7. The molecule has 0 saturated carbocycles. The Labute approximate surface area is 158 Å². The highest BCUT2D eigenvalue weighted by Gasteiger charge is 2.22. The quantitative estimate of drug-likeness (QED) is 0.639. The second-order valence-electron chi connectivity index (χ2n) is 6.03. The molecule has 0 amide bonds. The molecule has 1 N–H and O–H groups in total. The first-order chi connectivity index (χ1) is 12.6. The standard InChI is InChI=1S/C18H14ClF3N2O2S/c1-9-3-4-10(7-12(9)19)15-16(24-18(23-15)17(21)22)11-5-6-14(13(20)8-11)27(2,25)26/h3-8,17H,1-2H3,(H,23,24). The molecule has 4 nitrogen and oxygen atoms in total. The van der Waals surface area contributed by atoms with E-state index in [2.05, 4.69) is 9.97 Å². The van der Waals surface area contributed by atoms with Gasteiger partial charge >= 0.3 is 0 Å². The van der Waals surface area contributed by atoms with Crippen molar-refractivity contribution in [2.75, 3.05) is 6.26 Å². The fourth-order valence-corrected chi connectivity index (χ4v) is 3.52. The molecule has 27 heavy (non-hydrogen) atoms. The maximum absolute atomic E-state index is 14.3. The summed E-state index contributed by atoms with van der Waals surface area (Å²) in [6.45, 7) is 1.80. The fourth-order valence-electron chi connectivity index (χ4n) is 2.61. The van der Waals surface area contributed by atoms with Crippen molar-refractivity contribution in [2.45, 2.75) is 18.2 Å². The first kappa shape index (κ1) is 19.4. The van der Waals surface area contributed by atoms with Gasteiger partial charge in [-0.1, -0.05) is 29.8 Å². The molecule has 0 aliphatic carbocycles. The van der Waals surface area contributed by atoms with E-state index in [0.29, 0.717) is 10.6 Å². The second kappa shape index (κ2) is 7.01. The number of aromatic amines is 1. The topological polar surface area (TPSA) is 62.8 Å². The number of aryl methyl sites for hydroxylation is 1. The lowest BCUT2D eigenvalue weighted by Crippen LogP contribution is -2.00. The van der Waals surface area contributed by atoms with Crippen LogP contribution in [-0.2, 0) is 9.84 Å². The van der Waals surface area contributed by atoms with E-state index >= 15 is 0 Å². The number of imidazole rings is 1. The summed E-state index contributed by atoms with van der Waals surface area (Å²) in [7, 11) is -3.75. The Morgan fingerprint density at radius 1 is 1.11 bits per heavy atom. The number of halogens is 4. The molecule has 142 valence electrons. The molecule has 1 aromatic heterocycles. The van der Waals surface area contributed by atoms with Crippen molar-refractivity contribution in [1.29, 1.82) is 0 Å². The maximum atomic E-state index is 14.3. The van der Waals surface area contributed by atoms with Gasteiger partial charge < -0.3 is 4.98 Å². The van der Waals surface area contributed by atoms with Crippen molar-refractivity contribution in [1.82, 2.24) is 9.97 Å². The summed E-state index contributed by atoms with van der Waals surface area (Å²) >= 11 is 6.12. The Kier molecular flexibility index (Phi) is 5.05. The van der Waals surface area contributed by atoms with Crippen molar-refractivity contribution < 1.29 is 21.6 Å². The summed E-state index contributed by atoms with van der Waals surface area (Å²) in [6.07, 6.45) is -1.98. The summed E-state index contributed by atoms with van der Waals surface area (Å²) in [5.74, 6) is -1.56. The number of rotatable bonds is 4. The number of alkyl halides is 2. The Morgan fingerprint density at radius 3 is 2.33 bits per heavy atom. The first-order valence-corrected chi connectivity index (χ1v) is 9.99. The molecule has 0 atom stereocenters. The number of H-pyrrole nitrogens is 1. The van der Waals surface area contributed by atoms with Crippen LogP contribution >= 0.6 is 11.6 Å². The molecule has 0 aliphatic heterocycles. The third-order valence-electron chi connectivity index (χ3n) is 3.99. The number of hydrogen-bond acceptors (Lipinski definition) is 3. The fraction of sp³-hybridized carbons (Fsp3) is 0.167. The maximum Gasteiger partial charge on any atom is 0.295 e. The molecule has 3 rings (SSSR count). The lowest BCUT2D eigenvalue weighted by atomic mass is 10.0. The van der Waals surface area contributed by atoms with E-state index in [9.17, 15) is 21.6 Å². The number of nitrogens with zero attached hydrogens (tertiary/aromatic N) is 1. The predicted octanol–water partition coefficient (Wildman–Crippen LogP) is 5.19. The Balaban J connectivity index is 2.20. The molecular weight excluding hydrogens is 401 g/mol. The Morgan fingerprint density at radius 2 is 1.78 bits per heavy atom. The Hall–Kier alpha value is -2.32. The molecule has 0 spiro atoms. The second-order valence-corrected chi connectivity index (χ2v) is 8.42. The predicted molar refractivity (Wildman–Crippen MR) is 97.2 cm³/mol. The molecule has 3 aromatic rings. The molecule has 0 unspecified atom stereocenters. The van der Waals surface area contributed by atoms with Gasteiger partial charge in [0.05, 0.1) is 11.4 Å². The Bertz CT molecular complexity index is 1130. The molecule has 9 heteroatoms. The normalized spacial score (nSPS) is 12.0. The van der Waals surface area contributed by atoms with Gasteiger partial charge in [-0.15, -0.1) is 0 Å². The zero-order valence-corrected chi connectivity index (χ0v) is 15.8. The van der Waals surface area contributed by atoms with Crippen LogP contribution in [0.4, 0.5) is 13.2 Å². The zero-order valence-electron chi connectivity index (χ0n) is 14.2. The molecule has 0 aliphatic rings. The molecular formula is C18H14ClF3N2O2S. The molecule has 0 saturated heterocycles. The highest BCUT2D eigenvalue weighted by atomic mass is 35.5. The third-order valence-corrected chi connectivity index (χ3v) is 5.53. The SMILES string of the molecule is Cc1ccc(-c2[nH]c(C(F)F)nc2-c2ccc(S(C)(=O)=O)c(F)c2)cc1Cl. The average molecular weight is 415 g/mol. The van der Waals surface area contributed by atoms with Crippen LogP contribution in [0.15, 0.2) is 41.3 Å². The van der Waals surface area contributed by atoms with Crippen LogP contribution in [0, 0.1) is 12.7 Å². The van der Waals surface area contributed by atoms with Crippen LogP contribution in [0.2, 0.25) is 5.02 Å². The summed E-state index contributed by atoms with van der Waals surface area (Å²) in [4.78, 5) is 5.95. The number of benzene rings is 2. The summed E-state index contributed by atoms with van der Waals surface area (Å²) in [5, 5.41) is 0.435. The monoisotopic (exact) mass is 414 g/mol. The van der Waals surface area contributed by atoms with Gasteiger partial charge in [-0.2, -0.15) is 0 Å². The minimum atomic E-state index is -3.75. The number of hydrogen-bond donors (Lipinski definition) is 1. The van der Waals surface area contributed by atoms with Gasteiger partial charge in [0.1, 0.15) is 10.7 Å². The van der Waals surface area contributed by atoms with Crippen molar-refractivity contribution in [3.05, 3.63) is 58.6 Å². The molecule has 0 radical (unpaired) electrons. The highest BCUT2D eigenvalue weighted by molar-refractivity contribution is 7.90. The lowest BCUT2D eigenvalue weighted by molar-refractivity contribution is 0.141. The first-order valence-electron chi connectivity index (χ1n) is 7.72. The van der Waals surface area contributed by atoms with E-state index in [1.54, 1.807) is 25.1 Å². The van der Waals surface area contributed by atoms with E-state index in [1.165, 1.54) is 6.07 Å². The van der Waals surface area contributed by atoms with E-state index in [1.807, 2.05) is 0 Å². The summed E-state index contributed by atoms with van der Waals surface area (Å²) in [5.41, 5.74) is 1.77. The van der Waals surface area contributed by atoms with Gasteiger partial charge in [0, 0.05) is 22.4 Å². The van der Waals surface area contributed by atoms with Crippen LogP contribution < -0.4 is 0 Å². The van der Waals surface area contributed by atoms with Crippen LogP contribution in [0.5, 0.6) is 0 Å². The van der Waals surface area contributed by atoms with E-state index in [-0.39, 0.29) is 17.0 Å². The number of sulfone groups is 1. The average Bonchev–Trinajstić information content (AvgIpc) is 3.01. The van der Waals surface area contributed by atoms with E-state index in [0.717, 1.165) is 24.0 Å². The number of nitrogens with one attached hydrogen (secondary N) is 1. The molecule has 1 heterocycles. The van der Waals surface area contributed by atoms with Gasteiger partial charge in [0.2, 0.25) is 0 Å². The van der Waals surface area contributed by atoms with Crippen molar-refractivity contribution in [2.24, 2.45) is 0 Å². The van der Waals surface area contributed by atoms with Gasteiger partial charge in [-0.05, 0) is 30.7 Å². The van der Waals surface area contributed by atoms with E-state index < -0.39 is 32.8 Å². The van der Waals surface area contributed by atoms with Crippen LogP contribution in [0.1, 0.15) is 17.8 Å². The van der Waals surface area contributed by atoms with E-state index in [4.69, 9.17) is 11.6 Å². The third kappa shape index (κ3) is 3.86. The largest absolute Gasteiger partial charge is 0.337 e. The van der Waals surface area contributed by atoms with Gasteiger partial charge in [-0.25, -0.2) is 26.6 Å². The van der Waals surface area contributed by atoms with Crippen molar-refractivity contribution >= 4 is 21.4 Å². The zero-order chi connectivity index (χ0) is 19.9. The van der Waals surface area contributed by atoms with Crippen molar-refractivity contribution in [3.8, 4) is 22.5 Å².